The van der Waals surface area contributed by atoms with E-state index in [1.807, 2.05) is 29.9 Å². The number of likely N-dealkylation sites (tertiary alicyclic amines) is 1. The van der Waals surface area contributed by atoms with E-state index >= 15 is 0 Å². The molecule has 3 aromatic rings. The number of nitrogens with zero attached hydrogens (tertiary/aromatic N) is 3. The van der Waals surface area contributed by atoms with Crippen molar-refractivity contribution in [2.75, 3.05) is 13.1 Å². The zero-order valence-corrected chi connectivity index (χ0v) is 18.3. The molecule has 1 saturated heterocycles. The predicted octanol–water partition coefficient (Wildman–Crippen LogP) is 6.36. The van der Waals surface area contributed by atoms with Crippen molar-refractivity contribution >= 4 is 11.3 Å². The quantitative estimate of drug-likeness (QED) is 0.467. The first-order chi connectivity index (χ1) is 14.6. The summed E-state index contributed by atoms with van der Waals surface area (Å²) >= 11 is 1.60. The van der Waals surface area contributed by atoms with E-state index in [2.05, 4.69) is 35.9 Å². The molecule has 3 nitrogen and oxygen atoms in total. The van der Waals surface area contributed by atoms with Gasteiger partial charge in [-0.1, -0.05) is 51.0 Å². The van der Waals surface area contributed by atoms with Gasteiger partial charge in [-0.3, -0.25) is 9.88 Å². The molecule has 1 aliphatic heterocycles. The summed E-state index contributed by atoms with van der Waals surface area (Å²) in [4.78, 5) is 7.94. The molecule has 1 fully saturated rings. The van der Waals surface area contributed by atoms with Crippen molar-refractivity contribution in [3.05, 3.63) is 65.0 Å². The fourth-order valence-corrected chi connectivity index (χ4v) is 5.42. The number of benzene rings is 2. The van der Waals surface area contributed by atoms with E-state index in [-0.39, 0.29) is 5.56 Å². The third kappa shape index (κ3) is 4.03. The molecule has 4 rings (SSSR count). The van der Waals surface area contributed by atoms with Gasteiger partial charge in [-0.15, -0.1) is 11.3 Å². The molecular weight excluding hydrogens is 393 g/mol. The highest BCUT2D eigenvalue weighted by atomic mass is 32.1. The van der Waals surface area contributed by atoms with Crippen molar-refractivity contribution in [2.24, 2.45) is 11.8 Å². The molecule has 0 saturated carbocycles. The second-order valence-corrected chi connectivity index (χ2v) is 8.93. The maximum atomic E-state index is 14.4. The third-order valence-corrected chi connectivity index (χ3v) is 7.12. The molecule has 1 aromatic heterocycles. The van der Waals surface area contributed by atoms with Crippen molar-refractivity contribution in [3.63, 3.8) is 0 Å². The van der Waals surface area contributed by atoms with Crippen LogP contribution in [0.15, 0.2) is 48.1 Å². The smallest absolute Gasteiger partial charge is 0.141 e. The second kappa shape index (κ2) is 9.07. The van der Waals surface area contributed by atoms with Gasteiger partial charge in [-0.05, 0) is 40.7 Å². The van der Waals surface area contributed by atoms with Gasteiger partial charge in [0.1, 0.15) is 11.9 Å². The second-order valence-electron chi connectivity index (χ2n) is 8.04. The van der Waals surface area contributed by atoms with Gasteiger partial charge in [0.2, 0.25) is 0 Å². The van der Waals surface area contributed by atoms with E-state index in [4.69, 9.17) is 5.26 Å². The number of hydrogen-bond donors (Lipinski definition) is 0. The lowest BCUT2D eigenvalue weighted by molar-refractivity contribution is 0.312. The Kier molecular flexibility index (Phi) is 6.26. The van der Waals surface area contributed by atoms with Crippen LogP contribution in [0.3, 0.4) is 0 Å². The summed E-state index contributed by atoms with van der Waals surface area (Å²) in [5.74, 6) is 1.04. The van der Waals surface area contributed by atoms with E-state index < -0.39 is 5.82 Å². The maximum Gasteiger partial charge on any atom is 0.141 e. The fourth-order valence-electron chi connectivity index (χ4n) is 4.71. The zero-order valence-electron chi connectivity index (χ0n) is 17.4. The lowest BCUT2D eigenvalue weighted by atomic mass is 9.92. The number of rotatable bonds is 6. The SMILES string of the molecule is CCC1CN(Cc2cccc(-c3ccc(C#N)c(F)c3)c2-c2cncs2)CC1CC. The van der Waals surface area contributed by atoms with Gasteiger partial charge in [0.15, 0.2) is 0 Å². The van der Waals surface area contributed by atoms with E-state index in [1.54, 1.807) is 17.4 Å². The van der Waals surface area contributed by atoms with Crippen molar-refractivity contribution in [1.29, 1.82) is 5.26 Å². The first-order valence-corrected chi connectivity index (χ1v) is 11.5. The van der Waals surface area contributed by atoms with E-state index in [0.717, 1.165) is 53.0 Å². The van der Waals surface area contributed by atoms with Crippen LogP contribution in [0, 0.1) is 29.0 Å². The molecule has 2 unspecified atom stereocenters. The number of aromatic nitrogens is 1. The number of nitriles is 1. The Bertz CT molecular complexity index is 1040. The third-order valence-electron chi connectivity index (χ3n) is 6.32. The Labute approximate surface area is 181 Å². The van der Waals surface area contributed by atoms with Gasteiger partial charge in [0, 0.05) is 31.4 Å². The molecule has 30 heavy (non-hydrogen) atoms. The number of halogens is 1. The minimum atomic E-state index is -0.480. The fraction of sp³-hybridized carbons (Fsp3) is 0.360. The Morgan fingerprint density at radius 1 is 1.17 bits per heavy atom. The summed E-state index contributed by atoms with van der Waals surface area (Å²) in [7, 11) is 0. The Morgan fingerprint density at radius 3 is 2.53 bits per heavy atom. The predicted molar refractivity (Wildman–Crippen MR) is 120 cm³/mol. The van der Waals surface area contributed by atoms with Gasteiger partial charge in [-0.25, -0.2) is 4.39 Å². The van der Waals surface area contributed by atoms with Crippen LogP contribution in [0.1, 0.15) is 37.8 Å². The summed E-state index contributed by atoms with van der Waals surface area (Å²) in [6, 6.07) is 13.0. The van der Waals surface area contributed by atoms with Crippen LogP contribution >= 0.6 is 11.3 Å². The van der Waals surface area contributed by atoms with Crippen LogP contribution in [0.25, 0.3) is 21.6 Å². The maximum absolute atomic E-state index is 14.4. The van der Waals surface area contributed by atoms with Crippen LogP contribution in [0.4, 0.5) is 4.39 Å². The van der Waals surface area contributed by atoms with E-state index in [9.17, 15) is 4.39 Å². The molecule has 154 valence electrons. The first kappa shape index (κ1) is 20.7. The van der Waals surface area contributed by atoms with Crippen LogP contribution in [0.5, 0.6) is 0 Å². The molecule has 2 heterocycles. The molecule has 0 spiro atoms. The topological polar surface area (TPSA) is 39.9 Å². The highest BCUT2D eigenvalue weighted by Gasteiger charge is 2.30. The normalized spacial score (nSPS) is 19.1. The molecule has 2 aromatic carbocycles. The van der Waals surface area contributed by atoms with E-state index in [1.165, 1.54) is 24.5 Å². The van der Waals surface area contributed by atoms with Crippen molar-refractivity contribution in [3.8, 4) is 27.6 Å². The standard InChI is InChI=1S/C25H26FN3S/c1-3-17-13-29(14-18(17)4-2)15-21-6-5-7-22(25(21)24-12-28-16-30-24)19-8-9-20(11-27)23(26)10-19/h5-10,12,16-18H,3-4,13-15H2,1-2H3. The molecule has 0 radical (unpaired) electrons. The van der Waals surface area contributed by atoms with Gasteiger partial charge < -0.3 is 0 Å². The molecule has 0 amide bonds. The largest absolute Gasteiger partial charge is 0.298 e. The van der Waals surface area contributed by atoms with Crippen molar-refractivity contribution in [1.82, 2.24) is 9.88 Å². The van der Waals surface area contributed by atoms with Crippen LogP contribution in [0.2, 0.25) is 0 Å². The van der Waals surface area contributed by atoms with Gasteiger partial charge in [0.05, 0.1) is 16.0 Å². The average Bonchev–Trinajstić information content (AvgIpc) is 3.43. The van der Waals surface area contributed by atoms with Crippen LogP contribution in [-0.2, 0) is 6.54 Å². The zero-order chi connectivity index (χ0) is 21.1. The van der Waals surface area contributed by atoms with Crippen molar-refractivity contribution in [2.45, 2.75) is 33.2 Å². The molecule has 5 heteroatoms. The van der Waals surface area contributed by atoms with Gasteiger partial charge >= 0.3 is 0 Å². The lowest BCUT2D eigenvalue weighted by Crippen LogP contribution is -2.21. The summed E-state index contributed by atoms with van der Waals surface area (Å²) in [5.41, 5.74) is 6.05. The summed E-state index contributed by atoms with van der Waals surface area (Å²) < 4.78 is 14.4. The molecule has 1 aliphatic rings. The highest BCUT2D eigenvalue weighted by molar-refractivity contribution is 7.13. The molecule has 2 atom stereocenters. The molecule has 0 bridgehead atoms. The highest BCUT2D eigenvalue weighted by Crippen LogP contribution is 2.39. The number of hydrogen-bond acceptors (Lipinski definition) is 4. The molecule has 0 aliphatic carbocycles. The van der Waals surface area contributed by atoms with Gasteiger partial charge in [-0.2, -0.15) is 5.26 Å². The van der Waals surface area contributed by atoms with Gasteiger partial charge in [0.25, 0.3) is 0 Å². The first-order valence-electron chi connectivity index (χ1n) is 10.6. The Morgan fingerprint density at radius 2 is 1.93 bits per heavy atom. The molecular formula is C25H26FN3S. The minimum absolute atomic E-state index is 0.0718. The Balaban J connectivity index is 1.75. The summed E-state index contributed by atoms with van der Waals surface area (Å²) in [5, 5.41) is 9.07. The van der Waals surface area contributed by atoms with Crippen molar-refractivity contribution < 1.29 is 4.39 Å². The average molecular weight is 420 g/mol. The molecule has 0 N–H and O–H groups in total. The van der Waals surface area contributed by atoms with Crippen LogP contribution in [-0.4, -0.2) is 23.0 Å². The lowest BCUT2D eigenvalue weighted by Gasteiger charge is -2.20. The summed E-state index contributed by atoms with van der Waals surface area (Å²) in [6.45, 7) is 7.73. The Hall–Kier alpha value is -2.55. The number of thiazole rings is 1. The summed E-state index contributed by atoms with van der Waals surface area (Å²) in [6.07, 6.45) is 4.34. The van der Waals surface area contributed by atoms with E-state index in [0.29, 0.717) is 0 Å². The monoisotopic (exact) mass is 419 g/mol. The van der Waals surface area contributed by atoms with Crippen LogP contribution < -0.4 is 0 Å². The minimum Gasteiger partial charge on any atom is -0.298 e.